The molecule has 0 unspecified atom stereocenters. The zero-order valence-electron chi connectivity index (χ0n) is 16.2. The molecule has 1 atom stereocenters. The van der Waals surface area contributed by atoms with Gasteiger partial charge in [-0.1, -0.05) is 35.9 Å². The smallest absolute Gasteiger partial charge is 0.251 e. The Kier molecular flexibility index (Phi) is 5.13. The Bertz CT molecular complexity index is 901. The van der Waals surface area contributed by atoms with Crippen LogP contribution < -0.4 is 9.80 Å². The molecule has 0 bridgehead atoms. The first kappa shape index (κ1) is 19.0. The Hall–Kier alpha value is -2.37. The lowest BCUT2D eigenvalue weighted by Gasteiger charge is -2.38. The highest BCUT2D eigenvalue weighted by Crippen LogP contribution is 2.32. The lowest BCUT2D eigenvalue weighted by atomic mass is 10.1. The number of nitrogens with zero attached hydrogens (tertiary/aromatic N) is 3. The van der Waals surface area contributed by atoms with Gasteiger partial charge in [0, 0.05) is 36.9 Å². The molecule has 0 spiro atoms. The molecule has 0 radical (unpaired) electrons. The number of carbonyl (C=O) groups is 2. The quantitative estimate of drug-likeness (QED) is 0.744. The maximum Gasteiger partial charge on any atom is 0.251 e. The summed E-state index contributed by atoms with van der Waals surface area (Å²) < 4.78 is 0. The van der Waals surface area contributed by atoms with Crippen molar-refractivity contribution in [1.82, 2.24) is 4.90 Å². The number of amides is 2. The van der Waals surface area contributed by atoms with Gasteiger partial charge in [-0.2, -0.15) is 0 Å². The Labute approximate surface area is 170 Å². The summed E-state index contributed by atoms with van der Waals surface area (Å²) in [6, 6.07) is 13.3. The van der Waals surface area contributed by atoms with Crippen LogP contribution in [-0.4, -0.2) is 48.9 Å². The molecule has 2 aromatic carbocycles. The summed E-state index contributed by atoms with van der Waals surface area (Å²) in [6.07, 6.45) is 0.254. The number of hydrogen-bond donors (Lipinski definition) is 0. The Morgan fingerprint density at radius 1 is 0.929 bits per heavy atom. The molecule has 2 amide bonds. The third-order valence-corrected chi connectivity index (χ3v) is 5.95. The predicted molar refractivity (Wildman–Crippen MR) is 112 cm³/mol. The lowest BCUT2D eigenvalue weighted by molar-refractivity contribution is -0.123. The van der Waals surface area contributed by atoms with Crippen LogP contribution in [0.4, 0.5) is 11.4 Å². The van der Waals surface area contributed by atoms with Crippen LogP contribution in [0.5, 0.6) is 0 Å². The van der Waals surface area contributed by atoms with Crippen molar-refractivity contribution in [1.29, 1.82) is 0 Å². The van der Waals surface area contributed by atoms with E-state index in [0.717, 1.165) is 53.7 Å². The van der Waals surface area contributed by atoms with Crippen LogP contribution >= 0.6 is 11.6 Å². The van der Waals surface area contributed by atoms with E-state index in [1.807, 2.05) is 50.2 Å². The largest absolute Gasteiger partial charge is 0.369 e. The van der Waals surface area contributed by atoms with E-state index in [0.29, 0.717) is 0 Å². The average Bonchev–Trinajstić information content (AvgIpc) is 2.97. The topological polar surface area (TPSA) is 43.9 Å². The maximum atomic E-state index is 13.1. The molecule has 146 valence electrons. The number of aryl methyl sites for hydroxylation is 2. The van der Waals surface area contributed by atoms with Gasteiger partial charge in [0.15, 0.2) is 0 Å². The molecule has 6 heteroatoms. The van der Waals surface area contributed by atoms with Crippen LogP contribution in [0.15, 0.2) is 42.5 Å². The zero-order chi connectivity index (χ0) is 19.8. The number of hydrogen-bond acceptors (Lipinski definition) is 4. The number of carbonyl (C=O) groups excluding carboxylic acids is 2. The van der Waals surface area contributed by atoms with E-state index in [1.54, 1.807) is 0 Å². The average molecular weight is 398 g/mol. The minimum Gasteiger partial charge on any atom is -0.369 e. The molecule has 0 aromatic heterocycles. The number of imide groups is 1. The van der Waals surface area contributed by atoms with E-state index in [1.165, 1.54) is 4.90 Å². The van der Waals surface area contributed by atoms with Crippen molar-refractivity contribution in [2.45, 2.75) is 26.3 Å². The zero-order valence-corrected chi connectivity index (χ0v) is 16.9. The highest BCUT2D eigenvalue weighted by Gasteiger charge is 2.44. The van der Waals surface area contributed by atoms with Crippen molar-refractivity contribution < 1.29 is 9.59 Å². The van der Waals surface area contributed by atoms with Gasteiger partial charge in [-0.3, -0.25) is 14.5 Å². The highest BCUT2D eigenvalue weighted by atomic mass is 35.5. The number of benzene rings is 2. The first-order chi connectivity index (χ1) is 13.5. The number of halogens is 1. The molecule has 2 aliphatic heterocycles. The number of para-hydroxylation sites is 1. The minimum absolute atomic E-state index is 0.0985. The molecule has 2 aromatic rings. The van der Waals surface area contributed by atoms with Crippen LogP contribution in [0.3, 0.4) is 0 Å². The normalized spacial score (nSPS) is 20.9. The molecule has 2 heterocycles. The first-order valence-electron chi connectivity index (χ1n) is 9.63. The molecule has 2 fully saturated rings. The molecule has 0 saturated carbocycles. The van der Waals surface area contributed by atoms with Crippen molar-refractivity contribution in [3.05, 3.63) is 58.6 Å². The lowest BCUT2D eigenvalue weighted by Crippen LogP contribution is -2.52. The van der Waals surface area contributed by atoms with Gasteiger partial charge in [0.2, 0.25) is 5.91 Å². The molecular formula is C22H24ClN3O2. The van der Waals surface area contributed by atoms with Crippen LogP contribution in [0, 0.1) is 13.8 Å². The summed E-state index contributed by atoms with van der Waals surface area (Å²) in [5.74, 6) is -0.205. The van der Waals surface area contributed by atoms with E-state index in [2.05, 4.69) is 15.9 Å². The summed E-state index contributed by atoms with van der Waals surface area (Å²) in [5.41, 5.74) is 3.75. The van der Waals surface area contributed by atoms with Gasteiger partial charge in [0.05, 0.1) is 18.2 Å². The predicted octanol–water partition coefficient (Wildman–Crippen LogP) is 3.41. The second kappa shape index (κ2) is 7.57. The number of anilines is 2. The van der Waals surface area contributed by atoms with Gasteiger partial charge in [0.1, 0.15) is 0 Å². The highest BCUT2D eigenvalue weighted by molar-refractivity contribution is 6.30. The molecule has 28 heavy (non-hydrogen) atoms. The van der Waals surface area contributed by atoms with Gasteiger partial charge in [0.25, 0.3) is 5.91 Å². The van der Waals surface area contributed by atoms with Gasteiger partial charge >= 0.3 is 0 Å². The third kappa shape index (κ3) is 3.40. The van der Waals surface area contributed by atoms with E-state index >= 15 is 0 Å². The second-order valence-electron chi connectivity index (χ2n) is 7.53. The fourth-order valence-corrected chi connectivity index (χ4v) is 4.44. The fraction of sp³-hybridized carbons (Fsp3) is 0.364. The Morgan fingerprint density at radius 3 is 2.21 bits per heavy atom. The standard InChI is InChI=1S/C22H24ClN3O2/c1-15-5-3-6-16(2)21(15)26-20(27)14-19(22(26)28)25-11-9-24(10-12-25)18-8-4-7-17(23)13-18/h3-8,13,19H,9-12,14H2,1-2H3/t19-/m1/s1. The first-order valence-corrected chi connectivity index (χ1v) is 10.0. The maximum absolute atomic E-state index is 13.1. The van der Waals surface area contributed by atoms with Crippen LogP contribution in [-0.2, 0) is 9.59 Å². The molecular weight excluding hydrogens is 374 g/mol. The minimum atomic E-state index is -0.368. The van der Waals surface area contributed by atoms with E-state index in [4.69, 9.17) is 11.6 Å². The monoisotopic (exact) mass is 397 g/mol. The molecule has 2 saturated heterocycles. The van der Waals surface area contributed by atoms with Gasteiger partial charge in [-0.15, -0.1) is 0 Å². The summed E-state index contributed by atoms with van der Waals surface area (Å²) in [7, 11) is 0. The fourth-order valence-electron chi connectivity index (χ4n) is 4.26. The van der Waals surface area contributed by atoms with E-state index in [9.17, 15) is 9.59 Å². The molecule has 2 aliphatic rings. The number of piperazine rings is 1. The molecule has 0 N–H and O–H groups in total. The van der Waals surface area contributed by atoms with Crippen molar-refractivity contribution >= 4 is 34.8 Å². The van der Waals surface area contributed by atoms with E-state index < -0.39 is 0 Å². The number of rotatable bonds is 3. The summed E-state index contributed by atoms with van der Waals surface area (Å²) in [4.78, 5) is 31.7. The molecule has 0 aliphatic carbocycles. The molecule has 5 nitrogen and oxygen atoms in total. The van der Waals surface area contributed by atoms with Gasteiger partial charge < -0.3 is 4.90 Å². The van der Waals surface area contributed by atoms with E-state index in [-0.39, 0.29) is 24.3 Å². The Morgan fingerprint density at radius 2 is 1.57 bits per heavy atom. The van der Waals surface area contributed by atoms with Gasteiger partial charge in [-0.25, -0.2) is 4.90 Å². The van der Waals surface area contributed by atoms with Crippen molar-refractivity contribution in [2.75, 3.05) is 36.0 Å². The SMILES string of the molecule is Cc1cccc(C)c1N1C(=O)C[C@@H](N2CCN(c3cccc(Cl)c3)CC2)C1=O. The third-order valence-electron chi connectivity index (χ3n) is 5.71. The van der Waals surface area contributed by atoms with Crippen molar-refractivity contribution in [3.63, 3.8) is 0 Å². The van der Waals surface area contributed by atoms with Crippen molar-refractivity contribution in [2.24, 2.45) is 0 Å². The summed E-state index contributed by atoms with van der Waals surface area (Å²) >= 11 is 6.11. The van der Waals surface area contributed by atoms with Gasteiger partial charge in [-0.05, 0) is 43.2 Å². The van der Waals surface area contributed by atoms with Crippen molar-refractivity contribution in [3.8, 4) is 0 Å². The van der Waals surface area contributed by atoms with Crippen LogP contribution in [0.25, 0.3) is 0 Å². The van der Waals surface area contributed by atoms with Crippen LogP contribution in [0.1, 0.15) is 17.5 Å². The summed E-state index contributed by atoms with van der Waals surface area (Å²) in [6.45, 7) is 7.00. The second-order valence-corrected chi connectivity index (χ2v) is 7.97. The molecule has 4 rings (SSSR count). The summed E-state index contributed by atoms with van der Waals surface area (Å²) in [5, 5.41) is 0.723. The van der Waals surface area contributed by atoms with Crippen LogP contribution in [0.2, 0.25) is 5.02 Å². The Balaban J connectivity index is 1.48.